The minimum Gasteiger partial charge on any atom is -0.462 e. The molecule has 0 aromatic heterocycles. The largest absolute Gasteiger partial charge is 0.462 e. The van der Waals surface area contributed by atoms with E-state index < -0.39 is 0 Å². The molecule has 3 fully saturated rings. The monoisotopic (exact) mass is 562 g/mol. The minimum absolute atomic E-state index is 0.0396. The van der Waals surface area contributed by atoms with Gasteiger partial charge in [-0.15, -0.1) is 0 Å². The number of hydrogen-bond acceptors (Lipinski definition) is 4. The van der Waals surface area contributed by atoms with E-state index in [1.165, 1.54) is 57.8 Å². The average molecular weight is 563 g/mol. The van der Waals surface area contributed by atoms with Gasteiger partial charge in [-0.2, -0.15) is 0 Å². The molecule has 8 unspecified atom stereocenters. The zero-order valence-corrected chi connectivity index (χ0v) is 26.7. The second-order valence-corrected chi connectivity index (χ2v) is 15.5. The Labute approximate surface area is 250 Å². The zero-order chi connectivity index (χ0) is 29.4. The summed E-state index contributed by atoms with van der Waals surface area (Å²) in [6.45, 7) is 12.5. The first-order valence-corrected chi connectivity index (χ1v) is 17.0. The van der Waals surface area contributed by atoms with Crippen molar-refractivity contribution in [1.82, 2.24) is 0 Å². The lowest BCUT2D eigenvalue weighted by Crippen LogP contribution is -2.51. The summed E-state index contributed by atoms with van der Waals surface area (Å²) in [4.78, 5) is 12.8. The second kappa shape index (κ2) is 12.3. The first kappa shape index (κ1) is 30.5. The molecule has 0 bridgehead atoms. The highest BCUT2D eigenvalue weighted by molar-refractivity contribution is 5.69. The summed E-state index contributed by atoms with van der Waals surface area (Å²) in [6.07, 6.45) is 18.9. The van der Waals surface area contributed by atoms with Crippen molar-refractivity contribution in [1.29, 1.82) is 0 Å². The lowest BCUT2D eigenvalue weighted by atomic mass is 9.47. The van der Waals surface area contributed by atoms with Crippen LogP contribution in [0.15, 0.2) is 29.8 Å². The first-order valence-electron chi connectivity index (χ1n) is 17.0. The van der Waals surface area contributed by atoms with Crippen molar-refractivity contribution in [2.45, 2.75) is 131 Å². The van der Waals surface area contributed by atoms with E-state index in [2.05, 4.69) is 40.7 Å². The van der Waals surface area contributed by atoms with Crippen LogP contribution in [0.1, 0.15) is 124 Å². The van der Waals surface area contributed by atoms with Crippen molar-refractivity contribution in [2.24, 2.45) is 46.3 Å². The van der Waals surface area contributed by atoms with Gasteiger partial charge in [-0.3, -0.25) is 4.79 Å². The summed E-state index contributed by atoms with van der Waals surface area (Å²) in [5.41, 5.74) is 16.7. The predicted octanol–water partition coefficient (Wildman–Crippen LogP) is 9.13. The molecule has 228 valence electrons. The van der Waals surface area contributed by atoms with Gasteiger partial charge >= 0.3 is 5.97 Å². The van der Waals surface area contributed by atoms with Crippen molar-refractivity contribution in [3.63, 3.8) is 0 Å². The van der Waals surface area contributed by atoms with Crippen LogP contribution in [0.25, 0.3) is 0 Å². The maximum Gasteiger partial charge on any atom is 0.306 e. The van der Waals surface area contributed by atoms with E-state index in [0.29, 0.717) is 28.6 Å². The number of fused-ring (bicyclic) bond motifs is 5. The third-order valence-electron chi connectivity index (χ3n) is 12.4. The fraction of sp³-hybridized carbons (Fsp3) is 0.757. The molecule has 0 radical (unpaired) electrons. The molecule has 1 aromatic rings. The molecule has 0 aliphatic heterocycles. The van der Waals surface area contributed by atoms with E-state index in [0.717, 1.165) is 66.8 Å². The summed E-state index contributed by atoms with van der Waals surface area (Å²) in [5, 5.41) is 0. The molecule has 0 heterocycles. The number of carbonyl (C=O) groups is 1. The van der Waals surface area contributed by atoms with Crippen LogP contribution in [0.2, 0.25) is 0 Å². The summed E-state index contributed by atoms with van der Waals surface area (Å²) < 4.78 is 6.05. The van der Waals surface area contributed by atoms with Crippen LogP contribution in [-0.2, 0) is 16.0 Å². The van der Waals surface area contributed by atoms with Crippen LogP contribution in [0.5, 0.6) is 0 Å². The molecule has 4 aliphatic carbocycles. The van der Waals surface area contributed by atoms with Crippen molar-refractivity contribution in [3.8, 4) is 0 Å². The molecule has 41 heavy (non-hydrogen) atoms. The number of ether oxygens (including phenoxy) is 1. The quantitative estimate of drug-likeness (QED) is 0.169. The Morgan fingerprint density at radius 2 is 1.71 bits per heavy atom. The third-order valence-corrected chi connectivity index (χ3v) is 12.4. The molecule has 4 aliphatic rings. The van der Waals surface area contributed by atoms with Crippen LogP contribution >= 0.6 is 0 Å². The number of aryl methyl sites for hydroxylation is 1. The molecule has 1 aromatic carbocycles. The minimum atomic E-state index is -0.0577. The van der Waals surface area contributed by atoms with Crippen LogP contribution in [0.4, 0.5) is 11.4 Å². The van der Waals surface area contributed by atoms with Crippen molar-refractivity contribution in [2.75, 3.05) is 11.5 Å². The van der Waals surface area contributed by atoms with Crippen molar-refractivity contribution < 1.29 is 9.53 Å². The molecule has 8 atom stereocenters. The summed E-state index contributed by atoms with van der Waals surface area (Å²) in [6, 6.07) is 5.66. The maximum absolute atomic E-state index is 12.8. The number of anilines is 2. The van der Waals surface area contributed by atoms with Gasteiger partial charge in [0.05, 0.1) is 0 Å². The van der Waals surface area contributed by atoms with Crippen molar-refractivity contribution >= 4 is 17.3 Å². The molecule has 5 rings (SSSR count). The Morgan fingerprint density at radius 1 is 0.951 bits per heavy atom. The Balaban J connectivity index is 1.15. The number of nitrogen functional groups attached to an aromatic ring is 2. The Kier molecular flexibility index (Phi) is 9.17. The van der Waals surface area contributed by atoms with Gasteiger partial charge in [0, 0.05) is 24.2 Å². The summed E-state index contributed by atoms with van der Waals surface area (Å²) in [5.74, 6) is 5.07. The number of carbonyl (C=O) groups excluding carboxylic acids is 1. The standard InChI is InChI=1S/C37H58N2O2/c1-24(2)8-6-9-25(3)32-14-15-33-31-13-12-27-22-30(16-18-36(27,4)34(31)17-19-37(32,33)5)41-35(40)11-7-10-26-20-28(38)23-29(39)21-26/h12,20-21,23-25,30-34H,6-11,13-19,22,38-39H2,1-5H3. The van der Waals surface area contributed by atoms with E-state index in [-0.39, 0.29) is 12.1 Å². The molecule has 0 spiro atoms. The Morgan fingerprint density at radius 3 is 2.44 bits per heavy atom. The van der Waals surface area contributed by atoms with E-state index in [1.54, 1.807) is 11.6 Å². The molecular weight excluding hydrogens is 504 g/mol. The van der Waals surface area contributed by atoms with Gasteiger partial charge in [-0.05, 0) is 128 Å². The Hall–Kier alpha value is -1.97. The van der Waals surface area contributed by atoms with E-state index in [9.17, 15) is 4.79 Å². The normalized spacial score (nSPS) is 35.3. The number of nitrogens with two attached hydrogens (primary N) is 2. The Bertz CT molecular complexity index is 1090. The van der Waals surface area contributed by atoms with Gasteiger partial charge in [0.15, 0.2) is 0 Å². The lowest BCUT2D eigenvalue weighted by molar-refractivity contribution is -0.151. The summed E-state index contributed by atoms with van der Waals surface area (Å²) in [7, 11) is 0. The number of esters is 1. The van der Waals surface area contributed by atoms with Crippen LogP contribution in [-0.4, -0.2) is 12.1 Å². The second-order valence-electron chi connectivity index (χ2n) is 15.5. The van der Waals surface area contributed by atoms with Gasteiger partial charge in [0.1, 0.15) is 6.10 Å². The van der Waals surface area contributed by atoms with Gasteiger partial charge in [-0.25, -0.2) is 0 Å². The molecule has 4 heteroatoms. The SMILES string of the molecule is CC(C)CCCC(C)C1CCC2C3CC=C4CC(OC(=O)CCCc5cc(N)cc(N)c5)CCC4(C)C3CCC12C. The molecule has 0 amide bonds. The van der Waals surface area contributed by atoms with E-state index in [1.807, 2.05) is 12.1 Å². The molecular formula is C37H58N2O2. The number of benzene rings is 1. The average Bonchev–Trinajstić information content (AvgIpc) is 3.25. The van der Waals surface area contributed by atoms with E-state index in [4.69, 9.17) is 16.2 Å². The molecule has 0 saturated heterocycles. The van der Waals surface area contributed by atoms with Gasteiger partial charge in [0.25, 0.3) is 0 Å². The number of allylic oxidation sites excluding steroid dienone is 1. The highest BCUT2D eigenvalue weighted by Gasteiger charge is 2.59. The third kappa shape index (κ3) is 6.37. The maximum atomic E-state index is 12.8. The number of rotatable bonds is 10. The molecule has 3 saturated carbocycles. The topological polar surface area (TPSA) is 78.3 Å². The van der Waals surface area contributed by atoms with Gasteiger partial charge < -0.3 is 16.2 Å². The fourth-order valence-corrected chi connectivity index (χ4v) is 10.3. The highest BCUT2D eigenvalue weighted by atomic mass is 16.5. The molecule has 4 N–H and O–H groups in total. The smallest absolute Gasteiger partial charge is 0.306 e. The highest BCUT2D eigenvalue weighted by Crippen LogP contribution is 2.67. The zero-order valence-electron chi connectivity index (χ0n) is 26.7. The predicted molar refractivity (Wildman–Crippen MR) is 171 cm³/mol. The molecule has 4 nitrogen and oxygen atoms in total. The van der Waals surface area contributed by atoms with Crippen molar-refractivity contribution in [3.05, 3.63) is 35.4 Å². The summed E-state index contributed by atoms with van der Waals surface area (Å²) >= 11 is 0. The van der Waals surface area contributed by atoms with Gasteiger partial charge in [0.2, 0.25) is 0 Å². The van der Waals surface area contributed by atoms with E-state index >= 15 is 0 Å². The number of hydrogen-bond donors (Lipinski definition) is 2. The van der Waals surface area contributed by atoms with Gasteiger partial charge in [-0.1, -0.05) is 65.5 Å². The van der Waals surface area contributed by atoms with Crippen LogP contribution in [0, 0.1) is 46.3 Å². The fourth-order valence-electron chi connectivity index (χ4n) is 10.3. The van der Waals surface area contributed by atoms with Crippen LogP contribution in [0.3, 0.4) is 0 Å². The first-order chi connectivity index (χ1) is 19.5. The lowest BCUT2D eigenvalue weighted by Gasteiger charge is -2.58. The van der Waals surface area contributed by atoms with Crippen LogP contribution < -0.4 is 11.5 Å².